The van der Waals surface area contributed by atoms with Crippen LogP contribution in [0, 0.1) is 11.8 Å². The second kappa shape index (κ2) is 6.26. The minimum atomic E-state index is -0.494. The van der Waals surface area contributed by atoms with Gasteiger partial charge in [0, 0.05) is 11.5 Å². The molecule has 0 N–H and O–H groups in total. The highest BCUT2D eigenvalue weighted by molar-refractivity contribution is 5.88. The fraction of sp³-hybridized carbons (Fsp3) is 0.438. The van der Waals surface area contributed by atoms with Crippen LogP contribution in [-0.2, 0) is 9.53 Å². The minimum absolute atomic E-state index is 0.494. The summed E-state index contributed by atoms with van der Waals surface area (Å²) in [5, 5.41) is 0. The Morgan fingerprint density at radius 2 is 1.83 bits per heavy atom. The molecule has 2 nitrogen and oxygen atoms in total. The Hall–Kier alpha value is -1.75. The first-order chi connectivity index (χ1) is 8.79. The molecule has 1 aromatic carbocycles. The topological polar surface area (TPSA) is 26.3 Å². The zero-order chi connectivity index (χ0) is 12.8. The summed E-state index contributed by atoms with van der Waals surface area (Å²) in [6.07, 6.45) is 6.66. The summed E-state index contributed by atoms with van der Waals surface area (Å²) in [5.41, 5.74) is 2.26. The lowest BCUT2D eigenvalue weighted by Crippen LogP contribution is -2.04. The number of hydrogen-bond acceptors (Lipinski definition) is 2. The van der Waals surface area contributed by atoms with Crippen molar-refractivity contribution >= 4 is 5.97 Å². The third kappa shape index (κ3) is 3.37. The molecular weight excluding hydrogens is 224 g/mol. The van der Waals surface area contributed by atoms with E-state index in [9.17, 15) is 4.79 Å². The molecule has 0 aliphatic heterocycles. The third-order valence-electron chi connectivity index (χ3n) is 3.48. The van der Waals surface area contributed by atoms with Crippen LogP contribution in [0.5, 0.6) is 0 Å². The van der Waals surface area contributed by atoms with Crippen molar-refractivity contribution in [3.8, 4) is 11.8 Å². The van der Waals surface area contributed by atoms with Gasteiger partial charge < -0.3 is 4.74 Å². The van der Waals surface area contributed by atoms with Crippen molar-refractivity contribution in [2.75, 3.05) is 7.11 Å². The normalized spacial score (nSPS) is 15.6. The van der Waals surface area contributed by atoms with Crippen LogP contribution in [0.3, 0.4) is 0 Å². The van der Waals surface area contributed by atoms with Crippen LogP contribution in [0.2, 0.25) is 0 Å². The van der Waals surface area contributed by atoms with Crippen LogP contribution in [0.15, 0.2) is 24.3 Å². The van der Waals surface area contributed by atoms with E-state index in [0.717, 1.165) is 5.56 Å². The van der Waals surface area contributed by atoms with Crippen molar-refractivity contribution in [1.82, 2.24) is 0 Å². The first-order valence-corrected chi connectivity index (χ1v) is 6.49. The summed E-state index contributed by atoms with van der Waals surface area (Å²) in [5.74, 6) is 5.45. The molecule has 0 amide bonds. The molecular formula is C16H18O2. The van der Waals surface area contributed by atoms with Crippen LogP contribution < -0.4 is 0 Å². The van der Waals surface area contributed by atoms with Crippen LogP contribution in [0.4, 0.5) is 0 Å². The van der Waals surface area contributed by atoms with E-state index < -0.39 is 5.97 Å². The highest BCUT2D eigenvalue weighted by atomic mass is 16.5. The van der Waals surface area contributed by atoms with Crippen molar-refractivity contribution < 1.29 is 9.53 Å². The maximum absolute atomic E-state index is 10.9. The van der Waals surface area contributed by atoms with Crippen molar-refractivity contribution in [3.05, 3.63) is 35.4 Å². The predicted octanol–water partition coefficient (Wildman–Crippen LogP) is 3.26. The van der Waals surface area contributed by atoms with E-state index in [4.69, 9.17) is 0 Å². The van der Waals surface area contributed by atoms with Gasteiger partial charge >= 0.3 is 5.97 Å². The quantitative estimate of drug-likeness (QED) is 0.558. The Morgan fingerprint density at radius 3 is 2.44 bits per heavy atom. The lowest BCUT2D eigenvalue weighted by Gasteiger charge is -2.21. The zero-order valence-corrected chi connectivity index (χ0v) is 10.7. The molecule has 1 aliphatic rings. The van der Waals surface area contributed by atoms with Gasteiger partial charge in [0.2, 0.25) is 0 Å². The summed E-state index contributed by atoms with van der Waals surface area (Å²) in [6.45, 7) is 0. The molecule has 0 atom stereocenters. The van der Waals surface area contributed by atoms with Crippen molar-refractivity contribution in [1.29, 1.82) is 0 Å². The maximum Gasteiger partial charge on any atom is 0.384 e. The van der Waals surface area contributed by atoms with E-state index >= 15 is 0 Å². The van der Waals surface area contributed by atoms with Gasteiger partial charge in [-0.15, -0.1) is 0 Å². The van der Waals surface area contributed by atoms with E-state index in [1.807, 2.05) is 12.1 Å². The molecule has 0 bridgehead atoms. The van der Waals surface area contributed by atoms with Gasteiger partial charge in [0.25, 0.3) is 0 Å². The Labute approximate surface area is 108 Å². The molecule has 0 saturated heterocycles. The number of methoxy groups -OCH3 is 1. The van der Waals surface area contributed by atoms with Crippen LogP contribution in [-0.4, -0.2) is 13.1 Å². The molecule has 0 unspecified atom stereocenters. The Kier molecular flexibility index (Phi) is 4.41. The SMILES string of the molecule is COC(=O)C#Cc1ccc(C2CCCCC2)cc1. The number of ether oxygens (including phenoxy) is 1. The zero-order valence-electron chi connectivity index (χ0n) is 10.7. The van der Waals surface area contributed by atoms with Crippen LogP contribution in [0.25, 0.3) is 0 Å². The Morgan fingerprint density at radius 1 is 1.17 bits per heavy atom. The monoisotopic (exact) mass is 242 g/mol. The lowest BCUT2D eigenvalue weighted by molar-refractivity contribution is -0.133. The fourth-order valence-corrected chi connectivity index (χ4v) is 2.45. The van der Waals surface area contributed by atoms with Crippen LogP contribution >= 0.6 is 0 Å². The smallest absolute Gasteiger partial charge is 0.384 e. The molecule has 0 heterocycles. The average Bonchev–Trinajstić information content (AvgIpc) is 2.46. The summed E-state index contributed by atoms with van der Waals surface area (Å²) >= 11 is 0. The van der Waals surface area contributed by atoms with Crippen molar-refractivity contribution in [3.63, 3.8) is 0 Å². The van der Waals surface area contributed by atoms with E-state index in [1.165, 1.54) is 44.8 Å². The third-order valence-corrected chi connectivity index (χ3v) is 3.48. The molecule has 0 radical (unpaired) electrons. The van der Waals surface area contributed by atoms with Gasteiger partial charge in [-0.1, -0.05) is 37.3 Å². The van der Waals surface area contributed by atoms with Gasteiger partial charge in [-0.2, -0.15) is 0 Å². The highest BCUT2D eigenvalue weighted by Crippen LogP contribution is 2.32. The van der Waals surface area contributed by atoms with Gasteiger partial charge in [-0.25, -0.2) is 4.79 Å². The summed E-state index contributed by atoms with van der Waals surface area (Å²) in [6, 6.07) is 8.24. The van der Waals surface area contributed by atoms with Gasteiger partial charge in [-0.05, 0) is 36.5 Å². The fourth-order valence-electron chi connectivity index (χ4n) is 2.45. The molecule has 2 heteroatoms. The molecule has 1 aliphatic carbocycles. The van der Waals surface area contributed by atoms with Crippen molar-refractivity contribution in [2.45, 2.75) is 38.0 Å². The number of carbonyl (C=O) groups is 1. The largest absolute Gasteiger partial charge is 0.459 e. The molecule has 0 aromatic heterocycles. The molecule has 1 saturated carbocycles. The first kappa shape index (κ1) is 12.7. The van der Waals surface area contributed by atoms with E-state index in [1.54, 1.807) is 0 Å². The number of hydrogen-bond donors (Lipinski definition) is 0. The van der Waals surface area contributed by atoms with Gasteiger partial charge in [-0.3, -0.25) is 0 Å². The van der Waals surface area contributed by atoms with E-state index in [-0.39, 0.29) is 0 Å². The average molecular weight is 242 g/mol. The Bertz CT molecular complexity index is 456. The van der Waals surface area contributed by atoms with Crippen LogP contribution in [0.1, 0.15) is 49.1 Å². The standard InChI is InChI=1S/C16H18O2/c1-18-16(17)12-9-13-7-10-15(11-8-13)14-5-3-2-4-6-14/h7-8,10-11,14H,2-6H2,1H3. The minimum Gasteiger partial charge on any atom is -0.459 e. The first-order valence-electron chi connectivity index (χ1n) is 6.49. The maximum atomic E-state index is 10.9. The number of rotatable bonds is 1. The number of carbonyl (C=O) groups excluding carboxylic acids is 1. The van der Waals surface area contributed by atoms with E-state index in [2.05, 4.69) is 28.7 Å². The molecule has 2 rings (SSSR count). The second-order valence-electron chi connectivity index (χ2n) is 4.70. The molecule has 1 aromatic rings. The highest BCUT2D eigenvalue weighted by Gasteiger charge is 2.14. The van der Waals surface area contributed by atoms with Gasteiger partial charge in [0.05, 0.1) is 7.11 Å². The van der Waals surface area contributed by atoms with E-state index in [0.29, 0.717) is 5.92 Å². The number of benzene rings is 1. The number of esters is 1. The second-order valence-corrected chi connectivity index (χ2v) is 4.70. The summed E-state index contributed by atoms with van der Waals surface area (Å²) < 4.78 is 4.48. The lowest BCUT2D eigenvalue weighted by atomic mass is 9.84. The molecule has 94 valence electrons. The van der Waals surface area contributed by atoms with Gasteiger partial charge in [0.1, 0.15) is 0 Å². The molecule has 18 heavy (non-hydrogen) atoms. The summed E-state index contributed by atoms with van der Waals surface area (Å²) in [4.78, 5) is 10.9. The Balaban J connectivity index is 2.04. The van der Waals surface area contributed by atoms with Crippen molar-refractivity contribution in [2.24, 2.45) is 0 Å². The molecule has 0 spiro atoms. The molecule has 1 fully saturated rings. The predicted molar refractivity (Wildman–Crippen MR) is 71.2 cm³/mol. The summed E-state index contributed by atoms with van der Waals surface area (Å²) in [7, 11) is 1.34. The van der Waals surface area contributed by atoms with Gasteiger partial charge in [0.15, 0.2) is 0 Å².